The molecule has 0 aliphatic heterocycles. The molecule has 0 saturated carbocycles. The van der Waals surface area contributed by atoms with Crippen LogP contribution >= 0.6 is 11.8 Å². The van der Waals surface area contributed by atoms with Crippen molar-refractivity contribution in [3.8, 4) is 11.4 Å². The molecule has 94 valence electrons. The van der Waals surface area contributed by atoms with Crippen LogP contribution in [0, 0.1) is 5.82 Å². The minimum absolute atomic E-state index is 0.120. The summed E-state index contributed by atoms with van der Waals surface area (Å²) in [4.78, 5) is 14.1. The van der Waals surface area contributed by atoms with Gasteiger partial charge in [-0.1, -0.05) is 11.8 Å². The normalized spacial score (nSPS) is 10.6. The van der Waals surface area contributed by atoms with Crippen LogP contribution in [0.4, 0.5) is 4.39 Å². The summed E-state index contributed by atoms with van der Waals surface area (Å²) >= 11 is 1.03. The van der Waals surface area contributed by atoms with Crippen LogP contribution in [0.3, 0.4) is 0 Å². The van der Waals surface area contributed by atoms with Crippen molar-refractivity contribution in [2.24, 2.45) is 7.05 Å². The van der Waals surface area contributed by atoms with Crippen LogP contribution in [0.15, 0.2) is 23.6 Å². The van der Waals surface area contributed by atoms with E-state index in [4.69, 9.17) is 5.11 Å². The third-order valence-corrected chi connectivity index (χ3v) is 3.18. The van der Waals surface area contributed by atoms with Crippen LogP contribution in [-0.4, -0.2) is 36.6 Å². The van der Waals surface area contributed by atoms with Gasteiger partial charge in [-0.05, 0) is 6.07 Å². The van der Waals surface area contributed by atoms with Gasteiger partial charge in [0, 0.05) is 13.2 Å². The highest BCUT2D eigenvalue weighted by Crippen LogP contribution is 2.23. The number of rotatable bonds is 4. The first-order chi connectivity index (χ1) is 8.59. The molecule has 18 heavy (non-hydrogen) atoms. The van der Waals surface area contributed by atoms with Crippen LogP contribution in [0.1, 0.15) is 0 Å². The predicted molar refractivity (Wildman–Crippen MR) is 62.6 cm³/mol. The average Bonchev–Trinajstić information content (AvgIpc) is 2.69. The van der Waals surface area contributed by atoms with Gasteiger partial charge in [-0.15, -0.1) is 10.2 Å². The Hall–Kier alpha value is -1.96. The number of nitrogens with zero attached hydrogens (tertiary/aromatic N) is 4. The second-order valence-electron chi connectivity index (χ2n) is 3.40. The number of aliphatic carboxylic acids is 1. The molecule has 1 N–H and O–H groups in total. The Morgan fingerprint density at radius 2 is 2.33 bits per heavy atom. The van der Waals surface area contributed by atoms with E-state index in [1.165, 1.54) is 12.3 Å². The molecule has 0 spiro atoms. The maximum absolute atomic E-state index is 13.5. The Morgan fingerprint density at radius 1 is 1.56 bits per heavy atom. The van der Waals surface area contributed by atoms with Gasteiger partial charge >= 0.3 is 5.97 Å². The zero-order valence-electron chi connectivity index (χ0n) is 9.37. The molecule has 0 saturated heterocycles. The standard InChI is InChI=1S/C10H9FN4O2S/c1-15-9(6-2-3-12-4-7(6)11)13-14-10(15)18-5-8(16)17/h2-4H,5H2,1H3,(H,16,17). The fourth-order valence-corrected chi connectivity index (χ4v) is 1.99. The number of hydrogen-bond acceptors (Lipinski definition) is 5. The van der Waals surface area contributed by atoms with Crippen molar-refractivity contribution in [3.63, 3.8) is 0 Å². The number of carboxylic acid groups (broad SMARTS) is 1. The second-order valence-corrected chi connectivity index (χ2v) is 4.35. The summed E-state index contributed by atoms with van der Waals surface area (Å²) in [5.41, 5.74) is 0.280. The van der Waals surface area contributed by atoms with E-state index in [-0.39, 0.29) is 11.3 Å². The van der Waals surface area contributed by atoms with Gasteiger partial charge in [0.1, 0.15) is 0 Å². The first kappa shape index (κ1) is 12.5. The monoisotopic (exact) mass is 268 g/mol. The Labute approximate surface area is 106 Å². The van der Waals surface area contributed by atoms with Crippen molar-refractivity contribution in [2.45, 2.75) is 5.16 Å². The minimum Gasteiger partial charge on any atom is -0.481 e. The molecule has 8 heteroatoms. The van der Waals surface area contributed by atoms with Gasteiger partial charge in [0.25, 0.3) is 0 Å². The van der Waals surface area contributed by atoms with Crippen LogP contribution in [0.5, 0.6) is 0 Å². The highest BCUT2D eigenvalue weighted by molar-refractivity contribution is 7.99. The van der Waals surface area contributed by atoms with E-state index >= 15 is 0 Å². The SMILES string of the molecule is Cn1c(SCC(=O)O)nnc1-c1ccncc1F. The Morgan fingerprint density at radius 3 is 3.00 bits per heavy atom. The molecule has 0 fully saturated rings. The summed E-state index contributed by atoms with van der Waals surface area (Å²) < 4.78 is 15.1. The lowest BCUT2D eigenvalue weighted by Crippen LogP contribution is -2.01. The van der Waals surface area contributed by atoms with Gasteiger partial charge in [-0.3, -0.25) is 9.78 Å². The van der Waals surface area contributed by atoms with Crippen molar-refractivity contribution in [1.29, 1.82) is 0 Å². The van der Waals surface area contributed by atoms with Gasteiger partial charge in [0.05, 0.1) is 17.5 Å². The van der Waals surface area contributed by atoms with E-state index in [2.05, 4.69) is 15.2 Å². The van der Waals surface area contributed by atoms with Gasteiger partial charge in [0.2, 0.25) is 0 Å². The molecule has 2 rings (SSSR count). The van der Waals surface area contributed by atoms with Crippen molar-refractivity contribution >= 4 is 17.7 Å². The number of carbonyl (C=O) groups is 1. The highest BCUT2D eigenvalue weighted by Gasteiger charge is 2.15. The lowest BCUT2D eigenvalue weighted by molar-refractivity contribution is -0.133. The third-order valence-electron chi connectivity index (χ3n) is 2.17. The Bertz CT molecular complexity index is 587. The molecule has 2 aromatic rings. The minimum atomic E-state index is -0.945. The van der Waals surface area contributed by atoms with E-state index in [0.29, 0.717) is 11.0 Å². The first-order valence-corrected chi connectivity index (χ1v) is 5.92. The summed E-state index contributed by atoms with van der Waals surface area (Å²) in [5.74, 6) is -1.23. The van der Waals surface area contributed by atoms with Crippen LogP contribution in [0.2, 0.25) is 0 Å². The van der Waals surface area contributed by atoms with Crippen LogP contribution < -0.4 is 0 Å². The molecule has 0 radical (unpaired) electrons. The largest absolute Gasteiger partial charge is 0.481 e. The molecule has 2 aromatic heterocycles. The summed E-state index contributed by atoms with van der Waals surface area (Å²) in [6.45, 7) is 0. The third kappa shape index (κ3) is 2.48. The molecule has 0 amide bonds. The van der Waals surface area contributed by atoms with E-state index in [9.17, 15) is 9.18 Å². The summed E-state index contributed by atoms with van der Waals surface area (Å²) in [7, 11) is 1.65. The Kier molecular flexibility index (Phi) is 3.56. The molecule has 0 bridgehead atoms. The van der Waals surface area contributed by atoms with Crippen molar-refractivity contribution in [2.75, 3.05) is 5.75 Å². The van der Waals surface area contributed by atoms with E-state index in [1.54, 1.807) is 11.6 Å². The topological polar surface area (TPSA) is 80.9 Å². The molecule has 0 unspecified atom stereocenters. The fraction of sp³-hybridized carbons (Fsp3) is 0.200. The molecule has 0 atom stereocenters. The molecule has 6 nitrogen and oxygen atoms in total. The van der Waals surface area contributed by atoms with Crippen molar-refractivity contribution in [1.82, 2.24) is 19.7 Å². The maximum atomic E-state index is 13.5. The molecule has 2 heterocycles. The van der Waals surface area contributed by atoms with Crippen molar-refractivity contribution in [3.05, 3.63) is 24.3 Å². The number of halogens is 1. The van der Waals surface area contributed by atoms with Gasteiger partial charge < -0.3 is 9.67 Å². The number of thioether (sulfide) groups is 1. The van der Waals surface area contributed by atoms with Gasteiger partial charge in [-0.2, -0.15) is 0 Å². The van der Waals surface area contributed by atoms with E-state index < -0.39 is 11.8 Å². The Balaban J connectivity index is 2.31. The van der Waals surface area contributed by atoms with Gasteiger partial charge in [-0.25, -0.2) is 4.39 Å². The zero-order chi connectivity index (χ0) is 13.1. The molecule has 0 aliphatic rings. The van der Waals surface area contributed by atoms with E-state index in [0.717, 1.165) is 18.0 Å². The predicted octanol–water partition coefficient (Wildman–Crippen LogP) is 1.19. The quantitative estimate of drug-likeness (QED) is 0.839. The number of pyridine rings is 1. The lowest BCUT2D eigenvalue weighted by Gasteiger charge is -2.03. The smallest absolute Gasteiger partial charge is 0.313 e. The number of aromatic nitrogens is 4. The number of hydrogen-bond donors (Lipinski definition) is 1. The van der Waals surface area contributed by atoms with Crippen LogP contribution in [-0.2, 0) is 11.8 Å². The fourth-order valence-electron chi connectivity index (χ4n) is 1.36. The number of carboxylic acids is 1. The van der Waals surface area contributed by atoms with Gasteiger partial charge in [0.15, 0.2) is 16.8 Å². The first-order valence-electron chi connectivity index (χ1n) is 4.93. The second kappa shape index (κ2) is 5.13. The average molecular weight is 268 g/mol. The molecule has 0 aliphatic carbocycles. The molecule has 0 aromatic carbocycles. The summed E-state index contributed by atoms with van der Waals surface area (Å²) in [5, 5.41) is 16.7. The highest BCUT2D eigenvalue weighted by atomic mass is 32.2. The lowest BCUT2D eigenvalue weighted by atomic mass is 10.2. The van der Waals surface area contributed by atoms with Crippen molar-refractivity contribution < 1.29 is 14.3 Å². The maximum Gasteiger partial charge on any atom is 0.313 e. The molecular formula is C10H9FN4O2S. The molecular weight excluding hydrogens is 259 g/mol. The van der Waals surface area contributed by atoms with E-state index in [1.807, 2.05) is 0 Å². The zero-order valence-corrected chi connectivity index (χ0v) is 10.2. The summed E-state index contributed by atoms with van der Waals surface area (Å²) in [6, 6.07) is 1.49. The van der Waals surface area contributed by atoms with Crippen LogP contribution in [0.25, 0.3) is 11.4 Å². The summed E-state index contributed by atoms with van der Waals surface area (Å²) in [6.07, 6.45) is 2.55.